The molecule has 0 bridgehead atoms. The Bertz CT molecular complexity index is 799. The fourth-order valence-electron chi connectivity index (χ4n) is 3.30. The van der Waals surface area contributed by atoms with E-state index in [1.807, 2.05) is 6.92 Å². The Morgan fingerprint density at radius 2 is 1.93 bits per heavy atom. The first-order valence-electron chi connectivity index (χ1n) is 9.91. The maximum atomic E-state index is 12.1. The summed E-state index contributed by atoms with van der Waals surface area (Å²) >= 11 is 0. The molecular formula is C20H27N5O3. The van der Waals surface area contributed by atoms with Crippen molar-refractivity contribution in [2.24, 2.45) is 0 Å². The third-order valence-corrected chi connectivity index (χ3v) is 4.70. The van der Waals surface area contributed by atoms with E-state index in [9.17, 15) is 9.59 Å². The zero-order valence-corrected chi connectivity index (χ0v) is 16.2. The predicted octanol–water partition coefficient (Wildman–Crippen LogP) is 3.83. The standard InChI is InChI=1S/C20H27N5O3/c1-2-6-18(26)22-15-9-5-10-16(13-15)23-20(27)21-12-11-17-24-19(28-25-17)14-7-3-4-8-14/h5,9-10,13-14H,2-4,6-8,11-12H2,1H3,(H,22,26)(H2,21,23,27). The minimum absolute atomic E-state index is 0.0406. The predicted molar refractivity (Wildman–Crippen MR) is 106 cm³/mol. The minimum Gasteiger partial charge on any atom is -0.339 e. The molecule has 0 atom stereocenters. The third-order valence-electron chi connectivity index (χ3n) is 4.70. The summed E-state index contributed by atoms with van der Waals surface area (Å²) in [5.74, 6) is 1.69. The fourth-order valence-corrected chi connectivity index (χ4v) is 3.30. The molecule has 150 valence electrons. The minimum atomic E-state index is -0.323. The van der Waals surface area contributed by atoms with Gasteiger partial charge in [0.15, 0.2) is 5.82 Å². The van der Waals surface area contributed by atoms with Crippen LogP contribution in [0.15, 0.2) is 28.8 Å². The summed E-state index contributed by atoms with van der Waals surface area (Å²) in [6.45, 7) is 2.36. The smallest absolute Gasteiger partial charge is 0.319 e. The van der Waals surface area contributed by atoms with E-state index in [-0.39, 0.29) is 11.9 Å². The van der Waals surface area contributed by atoms with E-state index in [0.29, 0.717) is 42.5 Å². The van der Waals surface area contributed by atoms with Crippen molar-refractivity contribution < 1.29 is 14.1 Å². The molecule has 8 heteroatoms. The number of benzene rings is 1. The van der Waals surface area contributed by atoms with E-state index in [0.717, 1.165) is 25.2 Å². The molecule has 2 aromatic rings. The number of nitrogens with one attached hydrogen (secondary N) is 3. The topological polar surface area (TPSA) is 109 Å². The summed E-state index contributed by atoms with van der Waals surface area (Å²) in [7, 11) is 0. The molecule has 8 nitrogen and oxygen atoms in total. The second-order valence-corrected chi connectivity index (χ2v) is 7.04. The van der Waals surface area contributed by atoms with Crippen molar-refractivity contribution in [2.45, 2.75) is 57.8 Å². The largest absolute Gasteiger partial charge is 0.339 e. The molecule has 0 radical (unpaired) electrons. The third kappa shape index (κ3) is 5.80. The van der Waals surface area contributed by atoms with Gasteiger partial charge < -0.3 is 20.5 Å². The van der Waals surface area contributed by atoms with Gasteiger partial charge in [-0.1, -0.05) is 31.0 Å². The zero-order valence-electron chi connectivity index (χ0n) is 16.2. The van der Waals surface area contributed by atoms with E-state index in [4.69, 9.17) is 4.52 Å². The average molecular weight is 385 g/mol. The van der Waals surface area contributed by atoms with Gasteiger partial charge in [0.05, 0.1) is 0 Å². The van der Waals surface area contributed by atoms with Gasteiger partial charge in [-0.2, -0.15) is 4.98 Å². The first-order valence-corrected chi connectivity index (χ1v) is 9.91. The maximum absolute atomic E-state index is 12.1. The number of amides is 3. The number of rotatable bonds is 8. The van der Waals surface area contributed by atoms with Crippen molar-refractivity contribution >= 4 is 23.3 Å². The monoisotopic (exact) mass is 385 g/mol. The Labute approximate surface area is 164 Å². The number of hydrogen-bond donors (Lipinski definition) is 3. The summed E-state index contributed by atoms with van der Waals surface area (Å²) in [5.41, 5.74) is 1.26. The molecule has 28 heavy (non-hydrogen) atoms. The van der Waals surface area contributed by atoms with Crippen LogP contribution in [0.2, 0.25) is 0 Å². The lowest BCUT2D eigenvalue weighted by molar-refractivity contribution is -0.116. The fraction of sp³-hybridized carbons (Fsp3) is 0.500. The van der Waals surface area contributed by atoms with Gasteiger partial charge in [0.1, 0.15) is 0 Å². The van der Waals surface area contributed by atoms with Crippen LogP contribution >= 0.6 is 0 Å². The maximum Gasteiger partial charge on any atom is 0.319 e. The van der Waals surface area contributed by atoms with Gasteiger partial charge in [-0.3, -0.25) is 4.79 Å². The highest BCUT2D eigenvalue weighted by molar-refractivity contribution is 5.93. The molecule has 3 amide bonds. The number of carbonyl (C=O) groups excluding carboxylic acids is 2. The number of carbonyl (C=O) groups is 2. The Hall–Kier alpha value is -2.90. The molecule has 0 aliphatic heterocycles. The summed E-state index contributed by atoms with van der Waals surface area (Å²) in [6.07, 6.45) is 6.42. The normalized spacial score (nSPS) is 14.0. The van der Waals surface area contributed by atoms with Gasteiger partial charge in [-0.15, -0.1) is 0 Å². The molecule has 1 aromatic heterocycles. The molecule has 0 saturated heterocycles. The van der Waals surface area contributed by atoms with Crippen molar-refractivity contribution in [3.05, 3.63) is 36.0 Å². The van der Waals surface area contributed by atoms with Crippen LogP contribution in [0.1, 0.15) is 63.1 Å². The Morgan fingerprint density at radius 3 is 2.68 bits per heavy atom. The van der Waals surface area contributed by atoms with E-state index in [1.165, 1.54) is 12.8 Å². The van der Waals surface area contributed by atoms with Crippen LogP contribution in [0.3, 0.4) is 0 Å². The molecular weight excluding hydrogens is 358 g/mol. The molecule has 1 fully saturated rings. The number of aromatic nitrogens is 2. The van der Waals surface area contributed by atoms with Crippen LogP contribution in [-0.2, 0) is 11.2 Å². The van der Waals surface area contributed by atoms with Crippen LogP contribution in [0.4, 0.5) is 16.2 Å². The van der Waals surface area contributed by atoms with Crippen LogP contribution in [0, 0.1) is 0 Å². The summed E-state index contributed by atoms with van der Waals surface area (Å²) in [5, 5.41) is 12.3. The lowest BCUT2D eigenvalue weighted by Crippen LogP contribution is -2.30. The van der Waals surface area contributed by atoms with Gasteiger partial charge in [0.25, 0.3) is 0 Å². The number of nitrogens with zero attached hydrogens (tertiary/aromatic N) is 2. The molecule has 0 spiro atoms. The van der Waals surface area contributed by atoms with Crippen molar-refractivity contribution in [3.63, 3.8) is 0 Å². The van der Waals surface area contributed by atoms with E-state index < -0.39 is 0 Å². The highest BCUT2D eigenvalue weighted by atomic mass is 16.5. The van der Waals surface area contributed by atoms with E-state index in [2.05, 4.69) is 26.1 Å². The van der Waals surface area contributed by atoms with Crippen LogP contribution in [0.25, 0.3) is 0 Å². The first-order chi connectivity index (χ1) is 13.6. The van der Waals surface area contributed by atoms with E-state index >= 15 is 0 Å². The second-order valence-electron chi connectivity index (χ2n) is 7.04. The lowest BCUT2D eigenvalue weighted by atomic mass is 10.1. The number of urea groups is 1. The van der Waals surface area contributed by atoms with E-state index in [1.54, 1.807) is 24.3 Å². The molecule has 3 N–H and O–H groups in total. The first kappa shape index (κ1) is 19.9. The van der Waals surface area contributed by atoms with Crippen molar-refractivity contribution in [1.82, 2.24) is 15.5 Å². The van der Waals surface area contributed by atoms with Gasteiger partial charge in [0, 0.05) is 36.7 Å². The van der Waals surface area contributed by atoms with Gasteiger partial charge in [0.2, 0.25) is 11.8 Å². The average Bonchev–Trinajstić information content (AvgIpc) is 3.34. The van der Waals surface area contributed by atoms with Gasteiger partial charge >= 0.3 is 6.03 Å². The SMILES string of the molecule is CCCC(=O)Nc1cccc(NC(=O)NCCc2noc(C3CCCC3)n2)c1. The summed E-state index contributed by atoms with van der Waals surface area (Å²) < 4.78 is 5.34. The molecule has 1 aliphatic rings. The highest BCUT2D eigenvalue weighted by Crippen LogP contribution is 2.32. The van der Waals surface area contributed by atoms with Crippen molar-refractivity contribution in [3.8, 4) is 0 Å². The van der Waals surface area contributed by atoms with Gasteiger partial charge in [-0.25, -0.2) is 4.79 Å². The van der Waals surface area contributed by atoms with Gasteiger partial charge in [-0.05, 0) is 37.5 Å². The second kappa shape index (κ2) is 9.87. The molecule has 1 aliphatic carbocycles. The van der Waals surface area contributed by atoms with Crippen LogP contribution in [0.5, 0.6) is 0 Å². The Kier molecular flexibility index (Phi) is 7.00. The lowest BCUT2D eigenvalue weighted by Gasteiger charge is -2.09. The zero-order chi connectivity index (χ0) is 19.8. The number of hydrogen-bond acceptors (Lipinski definition) is 5. The molecule has 0 unspecified atom stereocenters. The number of anilines is 2. The van der Waals surface area contributed by atoms with Crippen LogP contribution in [-0.4, -0.2) is 28.6 Å². The molecule has 1 heterocycles. The summed E-state index contributed by atoms with van der Waals surface area (Å²) in [4.78, 5) is 28.2. The highest BCUT2D eigenvalue weighted by Gasteiger charge is 2.22. The van der Waals surface area contributed by atoms with Crippen molar-refractivity contribution in [1.29, 1.82) is 0 Å². The Balaban J connectivity index is 1.42. The quantitative estimate of drug-likeness (QED) is 0.640. The van der Waals surface area contributed by atoms with Crippen LogP contribution < -0.4 is 16.0 Å². The molecule has 1 aromatic carbocycles. The molecule has 3 rings (SSSR count). The summed E-state index contributed by atoms with van der Waals surface area (Å²) in [6, 6.07) is 6.73. The van der Waals surface area contributed by atoms with Crippen molar-refractivity contribution in [2.75, 3.05) is 17.2 Å². The molecule has 1 saturated carbocycles. The Morgan fingerprint density at radius 1 is 1.18 bits per heavy atom.